The number of para-hydroxylation sites is 1. The highest BCUT2D eigenvalue weighted by Crippen LogP contribution is 2.25. The molecule has 136 valence electrons. The second kappa shape index (κ2) is 7.74. The normalized spacial score (nSPS) is 19.1. The highest BCUT2D eigenvalue weighted by Gasteiger charge is 2.29. The Hall–Kier alpha value is -2.60. The van der Waals surface area contributed by atoms with E-state index in [1.54, 1.807) is 13.2 Å². The van der Waals surface area contributed by atoms with Crippen molar-refractivity contribution in [1.82, 2.24) is 5.32 Å². The zero-order chi connectivity index (χ0) is 18.6. The molecule has 2 aromatic carbocycles. The first-order valence-electron chi connectivity index (χ1n) is 8.40. The summed E-state index contributed by atoms with van der Waals surface area (Å²) in [5.41, 5.74) is 2.01. The minimum absolute atomic E-state index is 0.00450. The molecule has 0 aromatic heterocycles. The van der Waals surface area contributed by atoms with Crippen LogP contribution in [0, 0.1) is 0 Å². The highest BCUT2D eigenvalue weighted by atomic mass is 32.2. The van der Waals surface area contributed by atoms with E-state index in [4.69, 9.17) is 4.74 Å². The molecule has 0 bridgehead atoms. The number of carbonyl (C=O) groups is 1. The lowest BCUT2D eigenvalue weighted by atomic mass is 10.0. The van der Waals surface area contributed by atoms with Crippen LogP contribution in [-0.2, 0) is 14.6 Å². The van der Waals surface area contributed by atoms with Gasteiger partial charge in [-0.2, -0.15) is 0 Å². The average molecular weight is 371 g/mol. The van der Waals surface area contributed by atoms with E-state index >= 15 is 0 Å². The molecule has 0 spiro atoms. The summed E-state index contributed by atoms with van der Waals surface area (Å²) in [5, 5.41) is 2.86. The van der Waals surface area contributed by atoms with Crippen LogP contribution in [-0.4, -0.2) is 39.0 Å². The molecule has 1 unspecified atom stereocenters. The first-order valence-corrected chi connectivity index (χ1v) is 10.2. The van der Waals surface area contributed by atoms with Gasteiger partial charge in [0.2, 0.25) is 0 Å². The second-order valence-electron chi connectivity index (χ2n) is 6.24. The second-order valence-corrected chi connectivity index (χ2v) is 8.47. The van der Waals surface area contributed by atoms with Crippen molar-refractivity contribution in [3.8, 4) is 5.75 Å². The van der Waals surface area contributed by atoms with Crippen LogP contribution in [0.25, 0.3) is 11.6 Å². The quantitative estimate of drug-likeness (QED) is 0.648. The molecule has 0 saturated carbocycles. The van der Waals surface area contributed by atoms with Crippen LogP contribution < -0.4 is 10.1 Å². The number of benzene rings is 2. The number of ether oxygens (including phenoxy) is 1. The smallest absolute Gasteiger partial charge is 0.252 e. The molecule has 1 fully saturated rings. The van der Waals surface area contributed by atoms with Crippen LogP contribution in [0.15, 0.2) is 54.6 Å². The third-order valence-corrected chi connectivity index (χ3v) is 6.10. The predicted octanol–water partition coefficient (Wildman–Crippen LogP) is 2.54. The van der Waals surface area contributed by atoms with E-state index in [-0.39, 0.29) is 23.5 Å². The summed E-state index contributed by atoms with van der Waals surface area (Å²) in [4.78, 5) is 12.9. The maximum absolute atomic E-state index is 12.9. The average Bonchev–Trinajstić information content (AvgIpc) is 2.99. The molecule has 3 rings (SSSR count). The lowest BCUT2D eigenvalue weighted by Gasteiger charge is -2.14. The number of methoxy groups -OCH3 is 1. The Labute approximate surface area is 153 Å². The molecule has 2 aromatic rings. The molecular formula is C20H21NO4S. The van der Waals surface area contributed by atoms with Crippen molar-refractivity contribution >= 4 is 27.4 Å². The van der Waals surface area contributed by atoms with E-state index in [2.05, 4.69) is 5.32 Å². The van der Waals surface area contributed by atoms with Gasteiger partial charge in [-0.25, -0.2) is 8.42 Å². The van der Waals surface area contributed by atoms with Crippen LogP contribution in [0.4, 0.5) is 0 Å². The third kappa shape index (κ3) is 4.32. The van der Waals surface area contributed by atoms with Gasteiger partial charge >= 0.3 is 0 Å². The summed E-state index contributed by atoms with van der Waals surface area (Å²) in [6, 6.07) is 16.4. The standard InChI is InChI=1S/C20H21NO4S/c1-25-19-10-6-5-9-16(19)13-18(15-7-3-2-4-8-15)20(22)21-17-11-12-26(23,24)14-17/h2-10,13,17H,11-12,14H2,1H3,(H,21,22)/b18-13+. The molecule has 0 aliphatic carbocycles. The first kappa shape index (κ1) is 18.2. The van der Waals surface area contributed by atoms with E-state index in [0.717, 1.165) is 11.1 Å². The molecular weight excluding hydrogens is 350 g/mol. The van der Waals surface area contributed by atoms with Crippen molar-refractivity contribution in [2.75, 3.05) is 18.6 Å². The maximum Gasteiger partial charge on any atom is 0.252 e. The summed E-state index contributed by atoms with van der Waals surface area (Å²) in [5.74, 6) is 0.492. The number of sulfone groups is 1. The Morgan fingerprint density at radius 2 is 1.81 bits per heavy atom. The van der Waals surface area contributed by atoms with Crippen molar-refractivity contribution in [1.29, 1.82) is 0 Å². The van der Waals surface area contributed by atoms with Gasteiger partial charge in [-0.3, -0.25) is 4.79 Å². The lowest BCUT2D eigenvalue weighted by Crippen LogP contribution is -2.36. The number of rotatable bonds is 5. The molecule has 1 heterocycles. The Morgan fingerprint density at radius 3 is 2.46 bits per heavy atom. The van der Waals surface area contributed by atoms with Crippen LogP contribution in [0.2, 0.25) is 0 Å². The Morgan fingerprint density at radius 1 is 1.12 bits per heavy atom. The number of hydrogen-bond donors (Lipinski definition) is 1. The SMILES string of the molecule is COc1ccccc1/C=C(/C(=O)NC1CCS(=O)(=O)C1)c1ccccc1. The third-order valence-electron chi connectivity index (χ3n) is 4.34. The molecule has 1 atom stereocenters. The topological polar surface area (TPSA) is 72.5 Å². The molecule has 1 aliphatic heterocycles. The van der Waals surface area contributed by atoms with Gasteiger partial charge in [0.25, 0.3) is 5.91 Å². The minimum atomic E-state index is -3.06. The molecule has 1 amide bonds. The molecule has 5 nitrogen and oxygen atoms in total. The van der Waals surface area contributed by atoms with Gasteiger partial charge in [0.05, 0.1) is 18.6 Å². The zero-order valence-electron chi connectivity index (χ0n) is 14.5. The Balaban J connectivity index is 1.94. The molecule has 1 saturated heterocycles. The summed E-state index contributed by atoms with van der Waals surface area (Å²) in [7, 11) is -1.47. The van der Waals surface area contributed by atoms with Gasteiger partial charge in [0, 0.05) is 17.2 Å². The van der Waals surface area contributed by atoms with Crippen molar-refractivity contribution in [3.63, 3.8) is 0 Å². The van der Waals surface area contributed by atoms with Gasteiger partial charge in [0.1, 0.15) is 5.75 Å². The van der Waals surface area contributed by atoms with Gasteiger partial charge in [0.15, 0.2) is 9.84 Å². The molecule has 6 heteroatoms. The zero-order valence-corrected chi connectivity index (χ0v) is 15.3. The van der Waals surface area contributed by atoms with E-state index in [1.807, 2.05) is 54.6 Å². The fraction of sp³-hybridized carbons (Fsp3) is 0.250. The molecule has 0 radical (unpaired) electrons. The number of carbonyl (C=O) groups excluding carboxylic acids is 1. The molecule has 1 N–H and O–H groups in total. The van der Waals surface area contributed by atoms with Gasteiger partial charge in [-0.1, -0.05) is 48.5 Å². The minimum Gasteiger partial charge on any atom is -0.496 e. The van der Waals surface area contributed by atoms with E-state index in [0.29, 0.717) is 17.7 Å². The summed E-state index contributed by atoms with van der Waals surface area (Å²) < 4.78 is 28.7. The van der Waals surface area contributed by atoms with Crippen molar-refractivity contribution in [2.45, 2.75) is 12.5 Å². The first-order chi connectivity index (χ1) is 12.5. The maximum atomic E-state index is 12.9. The van der Waals surface area contributed by atoms with Gasteiger partial charge < -0.3 is 10.1 Å². The molecule has 26 heavy (non-hydrogen) atoms. The van der Waals surface area contributed by atoms with E-state index in [1.165, 1.54) is 0 Å². The largest absolute Gasteiger partial charge is 0.496 e. The number of nitrogens with one attached hydrogen (secondary N) is 1. The van der Waals surface area contributed by atoms with Crippen LogP contribution in [0.5, 0.6) is 5.75 Å². The van der Waals surface area contributed by atoms with Gasteiger partial charge in [-0.15, -0.1) is 0 Å². The number of hydrogen-bond acceptors (Lipinski definition) is 4. The predicted molar refractivity (Wildman–Crippen MR) is 103 cm³/mol. The Bertz CT molecular complexity index is 920. The van der Waals surface area contributed by atoms with Crippen LogP contribution >= 0.6 is 0 Å². The fourth-order valence-electron chi connectivity index (χ4n) is 3.01. The highest BCUT2D eigenvalue weighted by molar-refractivity contribution is 7.91. The number of amides is 1. The van der Waals surface area contributed by atoms with Crippen molar-refractivity contribution in [3.05, 3.63) is 65.7 Å². The monoisotopic (exact) mass is 371 g/mol. The molecule has 1 aliphatic rings. The summed E-state index contributed by atoms with van der Waals surface area (Å²) in [6.45, 7) is 0. The summed E-state index contributed by atoms with van der Waals surface area (Å²) >= 11 is 0. The Kier molecular flexibility index (Phi) is 5.42. The van der Waals surface area contributed by atoms with Crippen molar-refractivity contribution in [2.24, 2.45) is 0 Å². The van der Waals surface area contributed by atoms with Crippen molar-refractivity contribution < 1.29 is 17.9 Å². The summed E-state index contributed by atoms with van der Waals surface area (Å²) in [6.07, 6.45) is 2.22. The lowest BCUT2D eigenvalue weighted by molar-refractivity contribution is -0.116. The van der Waals surface area contributed by atoms with E-state index in [9.17, 15) is 13.2 Å². The van der Waals surface area contributed by atoms with E-state index < -0.39 is 9.84 Å². The van der Waals surface area contributed by atoms with Crippen LogP contribution in [0.3, 0.4) is 0 Å². The fourth-order valence-corrected chi connectivity index (χ4v) is 4.68. The van der Waals surface area contributed by atoms with Gasteiger partial charge in [-0.05, 0) is 24.1 Å². The van der Waals surface area contributed by atoms with Crippen LogP contribution in [0.1, 0.15) is 17.5 Å².